The van der Waals surface area contributed by atoms with Gasteiger partial charge in [0.05, 0.1) is 11.0 Å². The Morgan fingerprint density at radius 1 is 1.50 bits per heavy atom. The molecule has 1 atom stereocenters. The van der Waals surface area contributed by atoms with Crippen molar-refractivity contribution in [1.29, 1.82) is 0 Å². The van der Waals surface area contributed by atoms with Gasteiger partial charge in [0.1, 0.15) is 17.7 Å². The largest absolute Gasteiger partial charge is 0.385 e. The summed E-state index contributed by atoms with van der Waals surface area (Å²) in [6.45, 7) is 1.64. The van der Waals surface area contributed by atoms with Gasteiger partial charge in [-0.15, -0.1) is 0 Å². The van der Waals surface area contributed by atoms with E-state index in [9.17, 15) is 9.50 Å². The number of benzene rings is 1. The summed E-state index contributed by atoms with van der Waals surface area (Å²) in [5.74, 6) is 0.235. The number of rotatable bonds is 1. The van der Waals surface area contributed by atoms with Gasteiger partial charge in [-0.1, -0.05) is 0 Å². The monoisotopic (exact) mass is 194 g/mol. The van der Waals surface area contributed by atoms with Gasteiger partial charge in [-0.3, -0.25) is 0 Å². The standard InChI is InChI=1S/C10H11FN2O/c1-6(14)10-12-8-5-7(11)3-4-9(8)13(10)2/h3-6,14H,1-2H3. The number of nitrogens with zero attached hydrogens (tertiary/aromatic N) is 2. The molecule has 0 spiro atoms. The highest BCUT2D eigenvalue weighted by Gasteiger charge is 2.11. The van der Waals surface area contributed by atoms with Crippen LogP contribution in [0.3, 0.4) is 0 Å². The molecule has 0 saturated heterocycles. The Bertz CT molecular complexity index is 476. The molecule has 0 fully saturated rings. The first kappa shape index (κ1) is 9.15. The lowest BCUT2D eigenvalue weighted by Gasteiger charge is -2.03. The van der Waals surface area contributed by atoms with Gasteiger partial charge >= 0.3 is 0 Å². The minimum absolute atomic E-state index is 0.312. The van der Waals surface area contributed by atoms with Crippen molar-refractivity contribution in [3.63, 3.8) is 0 Å². The molecule has 0 aliphatic heterocycles. The minimum Gasteiger partial charge on any atom is -0.385 e. The third-order valence-corrected chi connectivity index (χ3v) is 2.25. The summed E-state index contributed by atoms with van der Waals surface area (Å²) in [6.07, 6.45) is -0.643. The molecule has 0 amide bonds. The van der Waals surface area contributed by atoms with Crippen LogP contribution in [0, 0.1) is 5.82 Å². The number of imidazole rings is 1. The summed E-state index contributed by atoms with van der Waals surface area (Å²) in [5, 5.41) is 9.40. The Morgan fingerprint density at radius 2 is 2.21 bits per heavy atom. The number of hydrogen-bond acceptors (Lipinski definition) is 2. The molecule has 3 nitrogen and oxygen atoms in total. The molecule has 0 saturated carbocycles. The smallest absolute Gasteiger partial charge is 0.138 e. The molecule has 1 N–H and O–H groups in total. The highest BCUT2D eigenvalue weighted by molar-refractivity contribution is 5.76. The Balaban J connectivity index is 2.73. The molecule has 4 heteroatoms. The van der Waals surface area contributed by atoms with E-state index in [-0.39, 0.29) is 5.82 Å². The average molecular weight is 194 g/mol. The van der Waals surface area contributed by atoms with Crippen LogP contribution in [0.4, 0.5) is 4.39 Å². The number of aliphatic hydroxyl groups excluding tert-OH is 1. The third kappa shape index (κ3) is 1.28. The topological polar surface area (TPSA) is 38.1 Å². The predicted octanol–water partition coefficient (Wildman–Crippen LogP) is 1.77. The van der Waals surface area contributed by atoms with E-state index in [1.165, 1.54) is 12.1 Å². The van der Waals surface area contributed by atoms with Crippen molar-refractivity contribution in [3.05, 3.63) is 29.8 Å². The summed E-state index contributed by atoms with van der Waals surface area (Å²) in [7, 11) is 1.80. The van der Waals surface area contributed by atoms with Crippen LogP contribution >= 0.6 is 0 Å². The van der Waals surface area contributed by atoms with Crippen molar-refractivity contribution in [2.24, 2.45) is 7.05 Å². The molecule has 0 bridgehead atoms. The second-order valence-electron chi connectivity index (χ2n) is 3.34. The van der Waals surface area contributed by atoms with Gasteiger partial charge < -0.3 is 9.67 Å². The molecule has 1 aromatic carbocycles. The van der Waals surface area contributed by atoms with Gasteiger partial charge in [0, 0.05) is 13.1 Å². The van der Waals surface area contributed by atoms with Crippen molar-refractivity contribution in [2.45, 2.75) is 13.0 Å². The van der Waals surface area contributed by atoms with E-state index in [1.807, 2.05) is 0 Å². The van der Waals surface area contributed by atoms with Crippen molar-refractivity contribution in [3.8, 4) is 0 Å². The Kier molecular flexibility index (Phi) is 2.00. The normalized spacial score (nSPS) is 13.4. The zero-order valence-electron chi connectivity index (χ0n) is 8.03. The van der Waals surface area contributed by atoms with E-state index in [1.54, 1.807) is 24.6 Å². The van der Waals surface area contributed by atoms with Crippen LogP contribution in [-0.2, 0) is 7.05 Å². The summed E-state index contributed by atoms with van der Waals surface area (Å²) < 4.78 is 14.6. The lowest BCUT2D eigenvalue weighted by molar-refractivity contribution is 0.186. The van der Waals surface area contributed by atoms with Gasteiger partial charge in [0.25, 0.3) is 0 Å². The molecule has 1 heterocycles. The van der Waals surface area contributed by atoms with E-state index in [0.29, 0.717) is 11.3 Å². The first-order valence-corrected chi connectivity index (χ1v) is 4.39. The average Bonchev–Trinajstić information content (AvgIpc) is 2.43. The van der Waals surface area contributed by atoms with E-state index < -0.39 is 6.10 Å². The Hall–Kier alpha value is -1.42. The first-order chi connectivity index (χ1) is 6.59. The Labute approximate surface area is 80.8 Å². The molecule has 0 aliphatic carbocycles. The predicted molar refractivity (Wildman–Crippen MR) is 51.3 cm³/mol. The van der Waals surface area contributed by atoms with Crippen molar-refractivity contribution < 1.29 is 9.50 Å². The lowest BCUT2D eigenvalue weighted by Crippen LogP contribution is -2.01. The summed E-state index contributed by atoms with van der Waals surface area (Å²) in [5.41, 5.74) is 1.39. The number of hydrogen-bond donors (Lipinski definition) is 1. The van der Waals surface area contributed by atoms with Crippen LogP contribution in [0.1, 0.15) is 18.9 Å². The summed E-state index contributed by atoms with van der Waals surface area (Å²) >= 11 is 0. The SMILES string of the molecule is CC(O)c1nc2cc(F)ccc2n1C. The third-order valence-electron chi connectivity index (χ3n) is 2.25. The molecule has 0 radical (unpaired) electrons. The van der Waals surface area contributed by atoms with Gasteiger partial charge in [-0.05, 0) is 19.1 Å². The molecule has 1 unspecified atom stereocenters. The van der Waals surface area contributed by atoms with E-state index >= 15 is 0 Å². The molecular formula is C10H11FN2O. The highest BCUT2D eigenvalue weighted by atomic mass is 19.1. The highest BCUT2D eigenvalue weighted by Crippen LogP contribution is 2.19. The van der Waals surface area contributed by atoms with Crippen LogP contribution < -0.4 is 0 Å². The molecule has 0 aliphatic rings. The Morgan fingerprint density at radius 3 is 2.86 bits per heavy atom. The lowest BCUT2D eigenvalue weighted by atomic mass is 10.3. The van der Waals surface area contributed by atoms with Crippen LogP contribution in [0.25, 0.3) is 11.0 Å². The van der Waals surface area contributed by atoms with Crippen LogP contribution in [0.15, 0.2) is 18.2 Å². The fourth-order valence-electron chi connectivity index (χ4n) is 1.57. The number of aromatic nitrogens is 2. The van der Waals surface area contributed by atoms with Crippen molar-refractivity contribution in [2.75, 3.05) is 0 Å². The van der Waals surface area contributed by atoms with E-state index in [4.69, 9.17) is 0 Å². The fraction of sp³-hybridized carbons (Fsp3) is 0.300. The minimum atomic E-state index is -0.643. The van der Waals surface area contributed by atoms with E-state index in [0.717, 1.165) is 5.52 Å². The maximum atomic E-state index is 12.9. The van der Waals surface area contributed by atoms with Gasteiger partial charge in [0.15, 0.2) is 0 Å². The van der Waals surface area contributed by atoms with Crippen LogP contribution in [0.2, 0.25) is 0 Å². The molecule has 2 rings (SSSR count). The quantitative estimate of drug-likeness (QED) is 0.751. The number of aliphatic hydroxyl groups is 1. The van der Waals surface area contributed by atoms with Crippen molar-refractivity contribution in [1.82, 2.24) is 9.55 Å². The zero-order valence-corrected chi connectivity index (χ0v) is 8.03. The molecule has 2 aromatic rings. The van der Waals surface area contributed by atoms with Gasteiger partial charge in [0.2, 0.25) is 0 Å². The van der Waals surface area contributed by atoms with E-state index in [2.05, 4.69) is 4.98 Å². The summed E-state index contributed by atoms with van der Waals surface area (Å²) in [4.78, 5) is 4.15. The first-order valence-electron chi connectivity index (χ1n) is 4.39. The second-order valence-corrected chi connectivity index (χ2v) is 3.34. The second kappa shape index (κ2) is 3.06. The number of fused-ring (bicyclic) bond motifs is 1. The molecule has 74 valence electrons. The maximum Gasteiger partial charge on any atom is 0.138 e. The molecular weight excluding hydrogens is 183 g/mol. The fourth-order valence-corrected chi connectivity index (χ4v) is 1.57. The molecule has 14 heavy (non-hydrogen) atoms. The van der Waals surface area contributed by atoms with Crippen LogP contribution in [-0.4, -0.2) is 14.7 Å². The van der Waals surface area contributed by atoms with Crippen molar-refractivity contribution >= 4 is 11.0 Å². The number of halogens is 1. The summed E-state index contributed by atoms with van der Waals surface area (Å²) in [6, 6.07) is 4.40. The maximum absolute atomic E-state index is 12.9. The molecule has 1 aromatic heterocycles. The zero-order chi connectivity index (χ0) is 10.3. The number of aryl methyl sites for hydroxylation is 1. The van der Waals surface area contributed by atoms with Crippen LogP contribution in [0.5, 0.6) is 0 Å². The van der Waals surface area contributed by atoms with Gasteiger partial charge in [-0.25, -0.2) is 9.37 Å². The van der Waals surface area contributed by atoms with Gasteiger partial charge in [-0.2, -0.15) is 0 Å².